The van der Waals surface area contributed by atoms with E-state index in [0.717, 1.165) is 11.3 Å². The second-order valence-electron chi connectivity index (χ2n) is 6.07. The smallest absolute Gasteiger partial charge is 0.232 e. The van der Waals surface area contributed by atoms with Crippen LogP contribution < -0.4 is 9.47 Å². The topological polar surface area (TPSA) is 48.7 Å². The summed E-state index contributed by atoms with van der Waals surface area (Å²) >= 11 is 12.1. The fourth-order valence-corrected chi connectivity index (χ4v) is 3.18. The van der Waals surface area contributed by atoms with Gasteiger partial charge in [0, 0.05) is 27.8 Å². The quantitative estimate of drug-likeness (QED) is 0.497. The molecule has 1 aliphatic heterocycles. The first-order chi connectivity index (χ1) is 13.0. The molecule has 6 heteroatoms. The van der Waals surface area contributed by atoms with Crippen LogP contribution in [0.2, 0.25) is 10.0 Å². The molecule has 0 saturated carbocycles. The molecule has 1 aliphatic rings. The van der Waals surface area contributed by atoms with Crippen molar-refractivity contribution in [3.8, 4) is 11.5 Å². The summed E-state index contributed by atoms with van der Waals surface area (Å²) in [6.07, 6.45) is 1.59. The van der Waals surface area contributed by atoms with Gasteiger partial charge in [0.15, 0.2) is 5.76 Å². The van der Waals surface area contributed by atoms with Gasteiger partial charge < -0.3 is 13.9 Å². The van der Waals surface area contributed by atoms with Crippen LogP contribution in [0.25, 0.3) is 6.08 Å². The van der Waals surface area contributed by atoms with Crippen LogP contribution in [0.3, 0.4) is 0 Å². The Morgan fingerprint density at radius 1 is 1.07 bits per heavy atom. The largest absolute Gasteiger partial charge is 0.489 e. The van der Waals surface area contributed by atoms with Crippen molar-refractivity contribution >= 4 is 35.1 Å². The van der Waals surface area contributed by atoms with Crippen molar-refractivity contribution in [1.29, 1.82) is 0 Å². The maximum absolute atomic E-state index is 12.5. The number of ketones is 1. The molecule has 0 fully saturated rings. The average molecular weight is 401 g/mol. The van der Waals surface area contributed by atoms with Gasteiger partial charge in [0.1, 0.15) is 29.6 Å². The number of fused-ring (bicyclic) bond motifs is 1. The summed E-state index contributed by atoms with van der Waals surface area (Å²) in [4.78, 5) is 12.5. The number of Topliss-reactive ketones (excluding diaryl/α,β-unsaturated/α-hetero) is 1. The predicted octanol–water partition coefficient (Wildman–Crippen LogP) is 6.09. The second-order valence-corrected chi connectivity index (χ2v) is 6.91. The van der Waals surface area contributed by atoms with E-state index in [1.807, 2.05) is 19.1 Å². The summed E-state index contributed by atoms with van der Waals surface area (Å²) < 4.78 is 16.9. The van der Waals surface area contributed by atoms with E-state index in [0.29, 0.717) is 32.9 Å². The van der Waals surface area contributed by atoms with Crippen LogP contribution in [0.5, 0.6) is 11.5 Å². The molecular formula is C21H14Cl2O4. The van der Waals surface area contributed by atoms with Gasteiger partial charge >= 0.3 is 0 Å². The molecule has 0 bridgehead atoms. The molecule has 27 heavy (non-hydrogen) atoms. The fourth-order valence-electron chi connectivity index (χ4n) is 2.72. The first-order valence-corrected chi connectivity index (χ1v) is 8.96. The maximum atomic E-state index is 12.5. The molecule has 0 atom stereocenters. The third-order valence-corrected chi connectivity index (χ3v) is 4.67. The summed E-state index contributed by atoms with van der Waals surface area (Å²) in [7, 11) is 0. The van der Waals surface area contributed by atoms with E-state index < -0.39 is 0 Å². The number of hydrogen-bond acceptors (Lipinski definition) is 4. The Hall–Kier alpha value is -2.69. The molecule has 0 saturated heterocycles. The Bertz CT molecular complexity index is 1070. The first-order valence-electron chi connectivity index (χ1n) is 8.21. The molecule has 0 unspecified atom stereocenters. The van der Waals surface area contributed by atoms with E-state index in [-0.39, 0.29) is 18.1 Å². The highest BCUT2D eigenvalue weighted by Crippen LogP contribution is 2.35. The highest BCUT2D eigenvalue weighted by Gasteiger charge is 2.28. The van der Waals surface area contributed by atoms with Crippen LogP contribution in [-0.4, -0.2) is 5.78 Å². The van der Waals surface area contributed by atoms with Crippen molar-refractivity contribution in [3.05, 3.63) is 87.0 Å². The van der Waals surface area contributed by atoms with Gasteiger partial charge in [-0.15, -0.1) is 0 Å². The molecular weight excluding hydrogens is 387 g/mol. The van der Waals surface area contributed by atoms with Gasteiger partial charge in [0.25, 0.3) is 0 Å². The van der Waals surface area contributed by atoms with Crippen LogP contribution >= 0.6 is 23.2 Å². The minimum Gasteiger partial charge on any atom is -0.489 e. The predicted molar refractivity (Wildman–Crippen MR) is 104 cm³/mol. The van der Waals surface area contributed by atoms with Gasteiger partial charge in [0.2, 0.25) is 5.78 Å². The summed E-state index contributed by atoms with van der Waals surface area (Å²) in [6, 6.07) is 13.9. The standard InChI is InChI=1S/C21H14Cl2O4/c1-12-2-5-16(26-12)10-20-21(24)17-7-6-15(9-19(17)27-20)25-11-13-3-4-14(22)8-18(13)23/h2-10H,11H2,1H3. The van der Waals surface area contributed by atoms with Crippen LogP contribution in [0.15, 0.2) is 58.7 Å². The molecule has 136 valence electrons. The normalized spacial score (nSPS) is 14.3. The van der Waals surface area contributed by atoms with Crippen LogP contribution in [-0.2, 0) is 6.61 Å². The SMILES string of the molecule is Cc1ccc(C=C2Oc3cc(OCc4ccc(Cl)cc4Cl)ccc3C2=O)o1. The van der Waals surface area contributed by atoms with E-state index in [1.165, 1.54) is 0 Å². The number of carbonyl (C=O) groups is 1. The van der Waals surface area contributed by atoms with Crippen molar-refractivity contribution in [1.82, 2.24) is 0 Å². The van der Waals surface area contributed by atoms with Gasteiger partial charge in [-0.2, -0.15) is 0 Å². The van der Waals surface area contributed by atoms with Crippen LogP contribution in [0.1, 0.15) is 27.4 Å². The first kappa shape index (κ1) is 17.7. The van der Waals surface area contributed by atoms with E-state index in [1.54, 1.807) is 42.5 Å². The molecule has 4 nitrogen and oxygen atoms in total. The molecule has 2 aromatic carbocycles. The van der Waals surface area contributed by atoms with E-state index in [9.17, 15) is 4.79 Å². The Kier molecular flexibility index (Phi) is 4.68. The zero-order chi connectivity index (χ0) is 19.0. The van der Waals surface area contributed by atoms with Gasteiger partial charge in [-0.05, 0) is 43.3 Å². The van der Waals surface area contributed by atoms with Crippen molar-refractivity contribution < 1.29 is 18.7 Å². The molecule has 3 aromatic rings. The summed E-state index contributed by atoms with van der Waals surface area (Å²) in [5.74, 6) is 2.39. The Labute approximate surface area is 165 Å². The monoisotopic (exact) mass is 400 g/mol. The lowest BCUT2D eigenvalue weighted by Gasteiger charge is -2.09. The minimum atomic E-state index is -0.189. The van der Waals surface area contributed by atoms with E-state index in [2.05, 4.69) is 0 Å². The molecule has 2 heterocycles. The van der Waals surface area contributed by atoms with Gasteiger partial charge in [-0.25, -0.2) is 0 Å². The van der Waals surface area contributed by atoms with Crippen molar-refractivity contribution in [2.24, 2.45) is 0 Å². The fraction of sp³-hybridized carbons (Fsp3) is 0.0952. The molecule has 0 radical (unpaired) electrons. The molecule has 1 aromatic heterocycles. The van der Waals surface area contributed by atoms with Crippen molar-refractivity contribution in [3.63, 3.8) is 0 Å². The number of furan rings is 1. The Morgan fingerprint density at radius 2 is 1.93 bits per heavy atom. The average Bonchev–Trinajstić information content (AvgIpc) is 3.18. The Balaban J connectivity index is 1.51. The molecule has 0 amide bonds. The lowest BCUT2D eigenvalue weighted by molar-refractivity contribution is 0.101. The second kappa shape index (κ2) is 7.14. The molecule has 4 rings (SSSR count). The van der Waals surface area contributed by atoms with Crippen molar-refractivity contribution in [2.45, 2.75) is 13.5 Å². The Morgan fingerprint density at radius 3 is 2.67 bits per heavy atom. The van der Waals surface area contributed by atoms with Crippen LogP contribution in [0.4, 0.5) is 0 Å². The van der Waals surface area contributed by atoms with Gasteiger partial charge in [0.05, 0.1) is 5.56 Å². The summed E-state index contributed by atoms with van der Waals surface area (Å²) in [5, 5.41) is 1.10. The summed E-state index contributed by atoms with van der Waals surface area (Å²) in [5.41, 5.74) is 1.30. The number of allylic oxidation sites excluding steroid dienone is 1. The van der Waals surface area contributed by atoms with Gasteiger partial charge in [-0.1, -0.05) is 29.3 Å². The number of carbonyl (C=O) groups excluding carboxylic acids is 1. The zero-order valence-corrected chi connectivity index (χ0v) is 15.8. The maximum Gasteiger partial charge on any atom is 0.232 e. The van der Waals surface area contributed by atoms with Gasteiger partial charge in [-0.3, -0.25) is 4.79 Å². The highest BCUT2D eigenvalue weighted by molar-refractivity contribution is 6.35. The highest BCUT2D eigenvalue weighted by atomic mass is 35.5. The number of hydrogen-bond donors (Lipinski definition) is 0. The zero-order valence-electron chi connectivity index (χ0n) is 14.3. The number of aryl methyl sites for hydroxylation is 1. The third-order valence-electron chi connectivity index (χ3n) is 4.09. The molecule has 0 spiro atoms. The number of rotatable bonds is 4. The van der Waals surface area contributed by atoms with E-state index >= 15 is 0 Å². The third kappa shape index (κ3) is 3.72. The lowest BCUT2D eigenvalue weighted by Crippen LogP contribution is -1.97. The lowest BCUT2D eigenvalue weighted by atomic mass is 10.1. The summed E-state index contributed by atoms with van der Waals surface area (Å²) in [6.45, 7) is 2.11. The van der Waals surface area contributed by atoms with E-state index in [4.69, 9.17) is 37.1 Å². The number of benzene rings is 2. The number of halogens is 2. The number of ether oxygens (including phenoxy) is 2. The van der Waals surface area contributed by atoms with Crippen LogP contribution in [0, 0.1) is 6.92 Å². The van der Waals surface area contributed by atoms with Crippen molar-refractivity contribution in [2.75, 3.05) is 0 Å². The molecule has 0 N–H and O–H groups in total. The molecule has 0 aliphatic carbocycles. The minimum absolute atomic E-state index is 0.189.